The van der Waals surface area contributed by atoms with Crippen LogP contribution in [-0.4, -0.2) is 29.8 Å². The fourth-order valence-electron chi connectivity index (χ4n) is 3.34. The molecule has 2 aromatic carbocycles. The van der Waals surface area contributed by atoms with Gasteiger partial charge in [0, 0.05) is 12.1 Å². The quantitative estimate of drug-likeness (QED) is 0.913. The van der Waals surface area contributed by atoms with Crippen molar-refractivity contribution in [1.29, 1.82) is 0 Å². The van der Waals surface area contributed by atoms with Gasteiger partial charge in [-0.3, -0.25) is 9.59 Å². The van der Waals surface area contributed by atoms with Gasteiger partial charge in [0.1, 0.15) is 5.82 Å². The molecule has 2 aromatic rings. The molecule has 1 saturated heterocycles. The molecule has 2 amide bonds. The molecule has 0 radical (unpaired) electrons. The van der Waals surface area contributed by atoms with Crippen molar-refractivity contribution in [3.8, 4) is 0 Å². The lowest BCUT2D eigenvalue weighted by atomic mass is 10.0. The zero-order valence-electron chi connectivity index (χ0n) is 15.1. The fraction of sp³-hybridized carbons (Fsp3) is 0.333. The first kappa shape index (κ1) is 18.1. The summed E-state index contributed by atoms with van der Waals surface area (Å²) >= 11 is 0. The molecule has 1 heterocycles. The number of carbonyl (C=O) groups is 2. The fourth-order valence-corrected chi connectivity index (χ4v) is 3.34. The summed E-state index contributed by atoms with van der Waals surface area (Å²) in [4.78, 5) is 26.7. The van der Waals surface area contributed by atoms with Gasteiger partial charge in [0.05, 0.1) is 12.6 Å². The van der Waals surface area contributed by atoms with Gasteiger partial charge in [0.15, 0.2) is 0 Å². The van der Waals surface area contributed by atoms with E-state index in [1.54, 1.807) is 23.1 Å². The van der Waals surface area contributed by atoms with Crippen LogP contribution in [0.25, 0.3) is 0 Å². The minimum absolute atomic E-state index is 0.0382. The molecule has 0 aromatic heterocycles. The molecule has 26 heavy (non-hydrogen) atoms. The lowest BCUT2D eigenvalue weighted by molar-refractivity contribution is -0.131. The maximum absolute atomic E-state index is 13.1. The third-order valence-electron chi connectivity index (χ3n) is 5.00. The first-order valence-corrected chi connectivity index (χ1v) is 8.86. The molecule has 0 saturated carbocycles. The molecule has 5 heteroatoms. The minimum atomic E-state index is -0.287. The average molecular weight is 354 g/mol. The number of carbonyl (C=O) groups excluding carboxylic acids is 2. The van der Waals surface area contributed by atoms with E-state index in [1.807, 2.05) is 26.0 Å². The van der Waals surface area contributed by atoms with Gasteiger partial charge >= 0.3 is 0 Å². The number of amides is 2. The second kappa shape index (κ2) is 7.68. The Morgan fingerprint density at radius 2 is 1.85 bits per heavy atom. The molecular formula is C21H23FN2O2. The Morgan fingerprint density at radius 3 is 2.54 bits per heavy atom. The van der Waals surface area contributed by atoms with Crippen LogP contribution in [0.1, 0.15) is 45.9 Å². The van der Waals surface area contributed by atoms with Crippen molar-refractivity contribution in [1.82, 2.24) is 10.2 Å². The second-order valence-corrected chi connectivity index (χ2v) is 6.78. The van der Waals surface area contributed by atoms with E-state index in [0.717, 1.165) is 29.5 Å². The number of rotatable bonds is 4. The Hall–Kier alpha value is -2.69. The van der Waals surface area contributed by atoms with Crippen LogP contribution < -0.4 is 5.32 Å². The summed E-state index contributed by atoms with van der Waals surface area (Å²) in [7, 11) is 0. The molecule has 1 fully saturated rings. The van der Waals surface area contributed by atoms with Crippen LogP contribution in [0.4, 0.5) is 4.39 Å². The largest absolute Gasteiger partial charge is 0.343 e. The van der Waals surface area contributed by atoms with Crippen LogP contribution >= 0.6 is 0 Å². The number of hydrogen-bond donors (Lipinski definition) is 1. The van der Waals surface area contributed by atoms with Crippen molar-refractivity contribution in [2.75, 3.05) is 13.1 Å². The molecule has 3 rings (SSSR count). The van der Waals surface area contributed by atoms with Crippen molar-refractivity contribution >= 4 is 11.8 Å². The molecule has 136 valence electrons. The lowest BCUT2D eigenvalue weighted by Gasteiger charge is -2.25. The highest BCUT2D eigenvalue weighted by atomic mass is 19.1. The smallest absolute Gasteiger partial charge is 0.251 e. The maximum atomic E-state index is 13.1. The van der Waals surface area contributed by atoms with Gasteiger partial charge in [-0.1, -0.05) is 18.2 Å². The van der Waals surface area contributed by atoms with Crippen LogP contribution in [0.5, 0.6) is 0 Å². The molecule has 1 aliphatic heterocycles. The Labute approximate surface area is 153 Å². The molecule has 0 spiro atoms. The third-order valence-corrected chi connectivity index (χ3v) is 5.00. The summed E-state index contributed by atoms with van der Waals surface area (Å²) in [6.07, 6.45) is 1.75. The Morgan fingerprint density at radius 1 is 1.12 bits per heavy atom. The van der Waals surface area contributed by atoms with Crippen LogP contribution in [-0.2, 0) is 4.79 Å². The number of hydrogen-bond acceptors (Lipinski definition) is 2. The van der Waals surface area contributed by atoms with Crippen LogP contribution in [0.2, 0.25) is 0 Å². The number of likely N-dealkylation sites (tertiary alicyclic amines) is 1. The second-order valence-electron chi connectivity index (χ2n) is 6.78. The van der Waals surface area contributed by atoms with Crippen molar-refractivity contribution in [2.24, 2.45) is 0 Å². The number of halogens is 1. The van der Waals surface area contributed by atoms with E-state index >= 15 is 0 Å². The predicted octanol–water partition coefficient (Wildman–Crippen LogP) is 3.54. The van der Waals surface area contributed by atoms with Gasteiger partial charge < -0.3 is 10.2 Å². The number of benzene rings is 2. The van der Waals surface area contributed by atoms with Gasteiger partial charge in [0.25, 0.3) is 5.91 Å². The standard InChI is InChI=1S/C21H23FN2O2/c1-14-5-6-17(12-15(14)2)21(26)23-13-20(25)24-11-3-4-19(24)16-7-9-18(22)10-8-16/h5-10,12,19H,3-4,11,13H2,1-2H3,(H,23,26). The summed E-state index contributed by atoms with van der Waals surface area (Å²) < 4.78 is 13.1. The molecule has 4 nitrogen and oxygen atoms in total. The zero-order valence-corrected chi connectivity index (χ0v) is 15.1. The normalized spacial score (nSPS) is 16.6. The first-order valence-electron chi connectivity index (χ1n) is 8.86. The van der Waals surface area contributed by atoms with Gasteiger partial charge in [-0.25, -0.2) is 4.39 Å². The van der Waals surface area contributed by atoms with Gasteiger partial charge in [-0.05, 0) is 67.6 Å². The van der Waals surface area contributed by atoms with E-state index in [4.69, 9.17) is 0 Å². The average Bonchev–Trinajstić information content (AvgIpc) is 3.12. The Kier molecular flexibility index (Phi) is 5.35. The summed E-state index contributed by atoms with van der Waals surface area (Å²) in [6, 6.07) is 11.7. The lowest BCUT2D eigenvalue weighted by Crippen LogP contribution is -2.39. The topological polar surface area (TPSA) is 49.4 Å². The molecule has 1 unspecified atom stereocenters. The van der Waals surface area contributed by atoms with E-state index < -0.39 is 0 Å². The van der Waals surface area contributed by atoms with Crippen LogP contribution in [0.15, 0.2) is 42.5 Å². The van der Waals surface area contributed by atoms with E-state index in [1.165, 1.54) is 12.1 Å². The number of aryl methyl sites for hydroxylation is 2. The minimum Gasteiger partial charge on any atom is -0.343 e. The number of nitrogens with one attached hydrogen (secondary N) is 1. The molecule has 1 atom stereocenters. The highest BCUT2D eigenvalue weighted by molar-refractivity contribution is 5.96. The van der Waals surface area contributed by atoms with Gasteiger partial charge in [-0.2, -0.15) is 0 Å². The summed E-state index contributed by atoms with van der Waals surface area (Å²) in [5, 5.41) is 2.71. The zero-order chi connectivity index (χ0) is 18.7. The van der Waals surface area contributed by atoms with Gasteiger partial charge in [-0.15, -0.1) is 0 Å². The Balaban J connectivity index is 1.62. The molecule has 0 aliphatic carbocycles. The van der Waals surface area contributed by atoms with Crippen molar-refractivity contribution in [3.05, 3.63) is 70.5 Å². The number of nitrogens with zero attached hydrogens (tertiary/aromatic N) is 1. The van der Waals surface area contributed by atoms with Crippen LogP contribution in [0, 0.1) is 19.7 Å². The monoisotopic (exact) mass is 354 g/mol. The highest BCUT2D eigenvalue weighted by Crippen LogP contribution is 2.31. The van der Waals surface area contributed by atoms with Gasteiger partial charge in [0.2, 0.25) is 5.91 Å². The molecule has 1 aliphatic rings. The van der Waals surface area contributed by atoms with Crippen molar-refractivity contribution < 1.29 is 14.0 Å². The van der Waals surface area contributed by atoms with Crippen LogP contribution in [0.3, 0.4) is 0 Å². The molecular weight excluding hydrogens is 331 g/mol. The summed E-state index contributed by atoms with van der Waals surface area (Å²) in [5.41, 5.74) is 3.65. The van der Waals surface area contributed by atoms with Crippen molar-refractivity contribution in [3.63, 3.8) is 0 Å². The van der Waals surface area contributed by atoms with Crippen molar-refractivity contribution in [2.45, 2.75) is 32.7 Å². The third kappa shape index (κ3) is 3.93. The molecule has 1 N–H and O–H groups in total. The molecule has 0 bridgehead atoms. The first-order chi connectivity index (χ1) is 12.5. The Bertz CT molecular complexity index is 817. The van der Waals surface area contributed by atoms with E-state index in [0.29, 0.717) is 12.1 Å². The predicted molar refractivity (Wildman–Crippen MR) is 98.3 cm³/mol. The SMILES string of the molecule is Cc1ccc(C(=O)NCC(=O)N2CCCC2c2ccc(F)cc2)cc1C. The van der Waals surface area contributed by atoms with E-state index in [-0.39, 0.29) is 30.2 Å². The summed E-state index contributed by atoms with van der Waals surface area (Å²) in [6.45, 7) is 4.56. The van der Waals surface area contributed by atoms with E-state index in [2.05, 4.69) is 5.32 Å². The highest BCUT2D eigenvalue weighted by Gasteiger charge is 2.29. The maximum Gasteiger partial charge on any atom is 0.251 e. The van der Waals surface area contributed by atoms with E-state index in [9.17, 15) is 14.0 Å². The summed E-state index contributed by atoms with van der Waals surface area (Å²) in [5.74, 6) is -0.654.